The number of nitrogens with one attached hydrogen (secondary N) is 2. The van der Waals surface area contributed by atoms with Crippen LogP contribution in [0.5, 0.6) is 5.75 Å². The van der Waals surface area contributed by atoms with Gasteiger partial charge in [0, 0.05) is 17.8 Å². The van der Waals surface area contributed by atoms with Crippen LogP contribution in [0, 0.1) is 10.1 Å². The van der Waals surface area contributed by atoms with E-state index in [2.05, 4.69) is 20.6 Å². The molecule has 0 spiro atoms. The first-order valence-electron chi connectivity index (χ1n) is 10.1. The van der Waals surface area contributed by atoms with Crippen molar-refractivity contribution >= 4 is 29.0 Å². The third-order valence-electron chi connectivity index (χ3n) is 4.33. The molecule has 33 heavy (non-hydrogen) atoms. The molecule has 0 saturated heterocycles. The Hall–Kier alpha value is -4.21. The molecule has 1 heterocycles. The highest BCUT2D eigenvalue weighted by Gasteiger charge is 2.19. The summed E-state index contributed by atoms with van der Waals surface area (Å²) in [6.45, 7) is 5.32. The average Bonchev–Trinajstić information content (AvgIpc) is 2.74. The summed E-state index contributed by atoms with van der Waals surface area (Å²) in [7, 11) is 1.59. The Morgan fingerprint density at radius 3 is 2.27 bits per heavy atom. The van der Waals surface area contributed by atoms with Crippen LogP contribution < -0.4 is 15.4 Å². The number of amides is 1. The lowest BCUT2D eigenvalue weighted by molar-refractivity contribution is -0.384. The summed E-state index contributed by atoms with van der Waals surface area (Å²) in [6, 6.07) is 14.1. The molecule has 1 amide bonds. The number of benzene rings is 2. The molecule has 0 radical (unpaired) electrons. The summed E-state index contributed by atoms with van der Waals surface area (Å²) in [4.78, 5) is 31.3. The van der Waals surface area contributed by atoms with Crippen LogP contribution in [0.3, 0.4) is 0 Å². The highest BCUT2D eigenvalue weighted by Crippen LogP contribution is 2.26. The van der Waals surface area contributed by atoms with E-state index in [1.165, 1.54) is 6.20 Å². The molecule has 1 aromatic heterocycles. The minimum Gasteiger partial charge on any atom is -0.497 e. The molecule has 3 aromatic rings. The third kappa shape index (κ3) is 6.89. The normalized spacial score (nSPS) is 10.9. The molecule has 0 aliphatic rings. The van der Waals surface area contributed by atoms with E-state index in [0.29, 0.717) is 23.6 Å². The minimum atomic E-state index is -0.610. The van der Waals surface area contributed by atoms with Crippen LogP contribution in [0.2, 0.25) is 0 Å². The number of carbonyl (C=O) groups is 1. The number of nitro groups is 1. The fraction of sp³-hybridized carbons (Fsp3) is 0.261. The first kappa shape index (κ1) is 23.5. The topological polar surface area (TPSA) is 129 Å². The Bertz CT molecular complexity index is 1130. The van der Waals surface area contributed by atoms with Gasteiger partial charge in [-0.15, -0.1) is 0 Å². The molecule has 0 fully saturated rings. The maximum absolute atomic E-state index is 11.9. The zero-order valence-corrected chi connectivity index (χ0v) is 18.8. The molecular formula is C23H25N5O5. The summed E-state index contributed by atoms with van der Waals surface area (Å²) in [5.74, 6) is 1.23. The van der Waals surface area contributed by atoms with Crippen molar-refractivity contribution in [1.82, 2.24) is 9.97 Å². The molecule has 3 rings (SSSR count). The predicted octanol–water partition coefficient (Wildman–Crippen LogP) is 5.07. The number of hydrogen-bond donors (Lipinski definition) is 2. The third-order valence-corrected chi connectivity index (χ3v) is 4.33. The lowest BCUT2D eigenvalue weighted by Gasteiger charge is -2.19. The van der Waals surface area contributed by atoms with E-state index in [1.54, 1.807) is 52.1 Å². The van der Waals surface area contributed by atoms with E-state index in [0.717, 1.165) is 11.3 Å². The SMILES string of the molecule is COc1ccc(Cc2ncc([N+](=O)[O-])c(Nc3ccc(NC(=O)OC(C)(C)C)cc3)n2)cc1. The van der Waals surface area contributed by atoms with E-state index < -0.39 is 16.6 Å². The molecular weight excluding hydrogens is 426 g/mol. The van der Waals surface area contributed by atoms with Gasteiger partial charge >= 0.3 is 11.8 Å². The summed E-state index contributed by atoms with van der Waals surface area (Å²) >= 11 is 0. The number of aromatic nitrogens is 2. The Morgan fingerprint density at radius 2 is 1.70 bits per heavy atom. The lowest BCUT2D eigenvalue weighted by atomic mass is 10.1. The van der Waals surface area contributed by atoms with E-state index in [1.807, 2.05) is 24.3 Å². The van der Waals surface area contributed by atoms with Gasteiger partial charge in [-0.05, 0) is 62.7 Å². The highest BCUT2D eigenvalue weighted by atomic mass is 16.6. The smallest absolute Gasteiger partial charge is 0.412 e. The van der Waals surface area contributed by atoms with Crippen LogP contribution in [0.15, 0.2) is 54.7 Å². The van der Waals surface area contributed by atoms with Crippen LogP contribution in [-0.2, 0) is 11.2 Å². The first-order chi connectivity index (χ1) is 15.6. The number of carbonyl (C=O) groups excluding carboxylic acids is 1. The zero-order chi connectivity index (χ0) is 24.0. The van der Waals surface area contributed by atoms with E-state index in [4.69, 9.17) is 9.47 Å². The van der Waals surface area contributed by atoms with Gasteiger partial charge in [0.2, 0.25) is 5.82 Å². The molecule has 0 aliphatic heterocycles. The van der Waals surface area contributed by atoms with Gasteiger partial charge in [-0.2, -0.15) is 0 Å². The van der Waals surface area contributed by atoms with Gasteiger partial charge in [0.1, 0.15) is 23.4 Å². The summed E-state index contributed by atoms with van der Waals surface area (Å²) in [5.41, 5.74) is 1.16. The Labute approximate surface area is 191 Å². The minimum absolute atomic E-state index is 0.0753. The van der Waals surface area contributed by atoms with Crippen molar-refractivity contribution in [2.75, 3.05) is 17.7 Å². The van der Waals surface area contributed by atoms with E-state index in [9.17, 15) is 14.9 Å². The van der Waals surface area contributed by atoms with Crippen LogP contribution in [-0.4, -0.2) is 33.7 Å². The molecule has 0 saturated carbocycles. The number of hydrogen-bond acceptors (Lipinski definition) is 8. The summed E-state index contributed by atoms with van der Waals surface area (Å²) in [6.07, 6.45) is 1.01. The van der Waals surface area contributed by atoms with Crippen molar-refractivity contribution in [3.05, 3.63) is 76.2 Å². The standard InChI is InChI=1S/C23H25N5O5/c1-23(2,3)33-22(29)26-17-9-7-16(8-10-17)25-21-19(28(30)31)14-24-20(27-21)13-15-5-11-18(32-4)12-6-15/h5-12,14H,13H2,1-4H3,(H,26,29)(H,24,25,27). The van der Waals surface area contributed by atoms with Gasteiger partial charge in [0.25, 0.3) is 0 Å². The van der Waals surface area contributed by atoms with Crippen molar-refractivity contribution in [3.63, 3.8) is 0 Å². The Morgan fingerprint density at radius 1 is 1.06 bits per heavy atom. The largest absolute Gasteiger partial charge is 0.497 e. The quantitative estimate of drug-likeness (QED) is 0.376. The van der Waals surface area contributed by atoms with Gasteiger partial charge in [-0.25, -0.2) is 14.8 Å². The van der Waals surface area contributed by atoms with Gasteiger partial charge in [-0.1, -0.05) is 12.1 Å². The van der Waals surface area contributed by atoms with Crippen molar-refractivity contribution in [3.8, 4) is 5.75 Å². The van der Waals surface area contributed by atoms with Crippen LogP contribution >= 0.6 is 0 Å². The average molecular weight is 451 g/mol. The van der Waals surface area contributed by atoms with E-state index >= 15 is 0 Å². The molecule has 10 heteroatoms. The lowest BCUT2D eigenvalue weighted by Crippen LogP contribution is -2.27. The maximum atomic E-state index is 11.9. The fourth-order valence-electron chi connectivity index (χ4n) is 2.84. The van der Waals surface area contributed by atoms with Crippen LogP contribution in [0.1, 0.15) is 32.2 Å². The molecule has 2 N–H and O–H groups in total. The molecule has 2 aromatic carbocycles. The second-order valence-electron chi connectivity index (χ2n) is 8.13. The van der Waals surface area contributed by atoms with Gasteiger partial charge in [-0.3, -0.25) is 15.4 Å². The number of nitrogens with zero attached hydrogens (tertiary/aromatic N) is 3. The second-order valence-corrected chi connectivity index (χ2v) is 8.13. The van der Waals surface area contributed by atoms with E-state index in [-0.39, 0.29) is 11.5 Å². The second kappa shape index (κ2) is 9.94. The first-order valence-corrected chi connectivity index (χ1v) is 10.1. The summed E-state index contributed by atoms with van der Waals surface area (Å²) in [5, 5.41) is 17.0. The predicted molar refractivity (Wildman–Crippen MR) is 124 cm³/mol. The molecule has 10 nitrogen and oxygen atoms in total. The monoisotopic (exact) mass is 451 g/mol. The number of ether oxygens (including phenoxy) is 2. The molecule has 0 bridgehead atoms. The van der Waals surface area contributed by atoms with Crippen molar-refractivity contribution in [1.29, 1.82) is 0 Å². The van der Waals surface area contributed by atoms with Crippen LogP contribution in [0.4, 0.5) is 27.7 Å². The van der Waals surface area contributed by atoms with Crippen molar-refractivity contribution in [2.45, 2.75) is 32.8 Å². The highest BCUT2D eigenvalue weighted by molar-refractivity contribution is 5.85. The van der Waals surface area contributed by atoms with Crippen LogP contribution in [0.25, 0.3) is 0 Å². The Balaban J connectivity index is 1.75. The van der Waals surface area contributed by atoms with Gasteiger partial charge in [0.15, 0.2) is 0 Å². The maximum Gasteiger partial charge on any atom is 0.412 e. The Kier molecular flexibility index (Phi) is 7.07. The van der Waals surface area contributed by atoms with Crippen molar-refractivity contribution < 1.29 is 19.2 Å². The zero-order valence-electron chi connectivity index (χ0n) is 18.8. The number of methoxy groups -OCH3 is 1. The number of rotatable bonds is 7. The molecule has 0 unspecified atom stereocenters. The molecule has 0 aliphatic carbocycles. The molecule has 172 valence electrons. The van der Waals surface area contributed by atoms with Gasteiger partial charge in [0.05, 0.1) is 12.0 Å². The fourth-order valence-corrected chi connectivity index (χ4v) is 2.84. The molecule has 0 atom stereocenters. The number of anilines is 3. The summed E-state index contributed by atoms with van der Waals surface area (Å²) < 4.78 is 10.4. The van der Waals surface area contributed by atoms with Gasteiger partial charge < -0.3 is 14.8 Å². The van der Waals surface area contributed by atoms with Crippen molar-refractivity contribution in [2.24, 2.45) is 0 Å².